The van der Waals surface area contributed by atoms with Crippen LogP contribution in [-0.4, -0.2) is 66.2 Å². The number of hydroxylamine groups is 2. The third kappa shape index (κ3) is 6.48. The third-order valence-corrected chi connectivity index (χ3v) is 6.18. The number of likely N-dealkylation sites (tertiary alicyclic amines) is 1. The van der Waals surface area contributed by atoms with Gasteiger partial charge in [-0.2, -0.15) is 0 Å². The standard InChI is InChI=1S/C24H34N4O6/c1-3-4-5-7-18(15-28(32)16-29)23(30)26-25-19-10-12-27(13-11-19)24(31)21-14-17-8-6-9-20(33-2)22(17)34-21/h6,8-9,14,16,18-19,25,32H,3-5,7,10-13,15H2,1-2H3,(H,26,30)/t18-/m1/s1. The molecule has 1 aliphatic heterocycles. The molecule has 3 amide bonds. The summed E-state index contributed by atoms with van der Waals surface area (Å²) in [4.78, 5) is 38.0. The second-order valence-electron chi connectivity index (χ2n) is 8.61. The van der Waals surface area contributed by atoms with Gasteiger partial charge < -0.3 is 14.1 Å². The Morgan fingerprint density at radius 1 is 1.32 bits per heavy atom. The van der Waals surface area contributed by atoms with E-state index in [2.05, 4.69) is 17.8 Å². The zero-order valence-corrected chi connectivity index (χ0v) is 19.8. The molecule has 3 N–H and O–H groups in total. The number of hydrazine groups is 1. The van der Waals surface area contributed by atoms with E-state index in [0.29, 0.717) is 55.2 Å². The number of amides is 3. The minimum Gasteiger partial charge on any atom is -0.493 e. The number of rotatable bonds is 12. The molecule has 1 aromatic heterocycles. The van der Waals surface area contributed by atoms with Gasteiger partial charge in [0.1, 0.15) is 0 Å². The van der Waals surface area contributed by atoms with Gasteiger partial charge in [-0.3, -0.25) is 25.0 Å². The maximum atomic E-state index is 12.9. The van der Waals surface area contributed by atoms with E-state index < -0.39 is 5.92 Å². The largest absolute Gasteiger partial charge is 0.493 e. The van der Waals surface area contributed by atoms with Gasteiger partial charge in [0.05, 0.1) is 19.6 Å². The second kappa shape index (κ2) is 12.4. The first kappa shape index (κ1) is 25.5. The molecule has 2 heterocycles. The summed E-state index contributed by atoms with van der Waals surface area (Å²) in [5, 5.41) is 10.8. The van der Waals surface area contributed by atoms with E-state index >= 15 is 0 Å². The van der Waals surface area contributed by atoms with Crippen LogP contribution >= 0.6 is 0 Å². The summed E-state index contributed by atoms with van der Waals surface area (Å²) in [7, 11) is 1.56. The molecule has 2 aromatic rings. The molecule has 1 aliphatic rings. The summed E-state index contributed by atoms with van der Waals surface area (Å²) in [6.07, 6.45) is 5.05. The highest BCUT2D eigenvalue weighted by atomic mass is 16.5. The van der Waals surface area contributed by atoms with Crippen molar-refractivity contribution in [2.24, 2.45) is 5.92 Å². The van der Waals surface area contributed by atoms with Crippen molar-refractivity contribution in [1.82, 2.24) is 20.8 Å². The first-order valence-electron chi connectivity index (χ1n) is 11.8. The van der Waals surface area contributed by atoms with Crippen LogP contribution in [0, 0.1) is 5.92 Å². The molecule has 3 rings (SSSR count). The minimum atomic E-state index is -0.499. The second-order valence-corrected chi connectivity index (χ2v) is 8.61. The Morgan fingerprint density at radius 2 is 2.09 bits per heavy atom. The number of carbonyl (C=O) groups excluding carboxylic acids is 3. The zero-order valence-electron chi connectivity index (χ0n) is 19.8. The predicted molar refractivity (Wildman–Crippen MR) is 125 cm³/mol. The number of fused-ring (bicyclic) bond motifs is 1. The summed E-state index contributed by atoms with van der Waals surface area (Å²) >= 11 is 0. The van der Waals surface area contributed by atoms with Crippen molar-refractivity contribution >= 4 is 29.2 Å². The number of hydrogen-bond acceptors (Lipinski definition) is 7. The van der Waals surface area contributed by atoms with Crippen LogP contribution in [0.3, 0.4) is 0 Å². The molecule has 0 spiro atoms. The Morgan fingerprint density at radius 3 is 2.76 bits per heavy atom. The fourth-order valence-electron chi connectivity index (χ4n) is 4.18. The highest BCUT2D eigenvalue weighted by Crippen LogP contribution is 2.29. The maximum Gasteiger partial charge on any atom is 0.289 e. The third-order valence-electron chi connectivity index (χ3n) is 6.18. The summed E-state index contributed by atoms with van der Waals surface area (Å²) in [6, 6.07) is 7.25. The average Bonchev–Trinajstić information content (AvgIpc) is 3.31. The molecule has 10 heteroatoms. The van der Waals surface area contributed by atoms with Crippen LogP contribution in [0.5, 0.6) is 5.75 Å². The normalized spacial score (nSPS) is 15.2. The fourth-order valence-corrected chi connectivity index (χ4v) is 4.18. The molecule has 0 saturated carbocycles. The van der Waals surface area contributed by atoms with Crippen LogP contribution in [0.1, 0.15) is 56.0 Å². The average molecular weight is 475 g/mol. The zero-order chi connectivity index (χ0) is 24.5. The Hall–Kier alpha value is -3.11. The van der Waals surface area contributed by atoms with Crippen molar-refractivity contribution in [2.75, 3.05) is 26.7 Å². The molecule has 1 fully saturated rings. The Bertz CT molecular complexity index is 970. The molecule has 34 heavy (non-hydrogen) atoms. The lowest BCUT2D eigenvalue weighted by Crippen LogP contribution is -2.52. The van der Waals surface area contributed by atoms with Gasteiger partial charge in [-0.1, -0.05) is 38.3 Å². The molecule has 186 valence electrons. The minimum absolute atomic E-state index is 0.0105. The number of para-hydroxylation sites is 1. The van der Waals surface area contributed by atoms with Crippen LogP contribution in [0.25, 0.3) is 11.0 Å². The number of ether oxygens (including phenoxy) is 1. The fraction of sp³-hybridized carbons (Fsp3) is 0.542. The quantitative estimate of drug-likeness (QED) is 0.187. The summed E-state index contributed by atoms with van der Waals surface area (Å²) in [5.41, 5.74) is 6.34. The lowest BCUT2D eigenvalue weighted by molar-refractivity contribution is -0.154. The molecule has 1 atom stereocenters. The number of furan rings is 1. The number of methoxy groups -OCH3 is 1. The number of piperidine rings is 1. The monoisotopic (exact) mass is 474 g/mol. The first-order chi connectivity index (χ1) is 16.5. The van der Waals surface area contributed by atoms with Gasteiger partial charge in [0.15, 0.2) is 17.1 Å². The van der Waals surface area contributed by atoms with Gasteiger partial charge in [0.2, 0.25) is 12.3 Å². The molecule has 1 saturated heterocycles. The number of unbranched alkanes of at least 4 members (excludes halogenated alkanes) is 2. The van der Waals surface area contributed by atoms with E-state index in [-0.39, 0.29) is 30.2 Å². The Kier molecular flexibility index (Phi) is 9.29. The van der Waals surface area contributed by atoms with Crippen LogP contribution in [0.15, 0.2) is 28.7 Å². The SMILES string of the molecule is CCCCC[C@H](CN(O)C=O)C(=O)NNC1CCN(C(=O)c2cc3cccc(OC)c3o2)CC1. The predicted octanol–water partition coefficient (Wildman–Crippen LogP) is 2.71. The smallest absolute Gasteiger partial charge is 0.289 e. The number of nitrogens with zero attached hydrogens (tertiary/aromatic N) is 2. The van der Waals surface area contributed by atoms with Gasteiger partial charge >= 0.3 is 0 Å². The van der Waals surface area contributed by atoms with Crippen molar-refractivity contribution < 1.29 is 28.7 Å². The van der Waals surface area contributed by atoms with E-state index in [1.54, 1.807) is 24.1 Å². The topological polar surface area (TPSA) is 124 Å². The van der Waals surface area contributed by atoms with Crippen LogP contribution < -0.4 is 15.6 Å². The first-order valence-corrected chi connectivity index (χ1v) is 11.8. The van der Waals surface area contributed by atoms with Gasteiger partial charge in [-0.15, -0.1) is 0 Å². The van der Waals surface area contributed by atoms with E-state index in [1.807, 2.05) is 12.1 Å². The van der Waals surface area contributed by atoms with Crippen LogP contribution in [0.2, 0.25) is 0 Å². The van der Waals surface area contributed by atoms with Crippen molar-refractivity contribution in [2.45, 2.75) is 51.5 Å². The lowest BCUT2D eigenvalue weighted by Gasteiger charge is -2.32. The van der Waals surface area contributed by atoms with E-state index in [9.17, 15) is 19.6 Å². The van der Waals surface area contributed by atoms with Crippen molar-refractivity contribution in [3.05, 3.63) is 30.0 Å². The Balaban J connectivity index is 1.49. The molecule has 0 bridgehead atoms. The highest BCUT2D eigenvalue weighted by molar-refractivity contribution is 5.97. The van der Waals surface area contributed by atoms with E-state index in [4.69, 9.17) is 9.15 Å². The summed E-state index contributed by atoms with van der Waals surface area (Å²) in [6.45, 7) is 3.07. The van der Waals surface area contributed by atoms with Crippen molar-refractivity contribution in [3.63, 3.8) is 0 Å². The number of benzene rings is 1. The van der Waals surface area contributed by atoms with Gasteiger partial charge in [-0.05, 0) is 31.4 Å². The summed E-state index contributed by atoms with van der Waals surface area (Å²) in [5.74, 6) is -0.0696. The van der Waals surface area contributed by atoms with Crippen LogP contribution in [-0.2, 0) is 9.59 Å². The number of hydrogen-bond donors (Lipinski definition) is 3. The van der Waals surface area contributed by atoms with Gasteiger partial charge in [-0.25, -0.2) is 10.5 Å². The van der Waals surface area contributed by atoms with Crippen molar-refractivity contribution in [3.8, 4) is 5.75 Å². The van der Waals surface area contributed by atoms with Gasteiger partial charge in [0.25, 0.3) is 5.91 Å². The summed E-state index contributed by atoms with van der Waals surface area (Å²) < 4.78 is 11.1. The molecule has 0 aliphatic carbocycles. The van der Waals surface area contributed by atoms with E-state index in [0.717, 1.165) is 24.6 Å². The maximum absolute atomic E-state index is 12.9. The molecular weight excluding hydrogens is 440 g/mol. The highest BCUT2D eigenvalue weighted by Gasteiger charge is 2.27. The molecule has 0 radical (unpaired) electrons. The molecule has 1 aromatic carbocycles. The number of carbonyl (C=O) groups is 3. The molecule has 0 unspecified atom stereocenters. The van der Waals surface area contributed by atoms with Gasteiger partial charge in [0, 0.05) is 24.5 Å². The number of nitrogens with one attached hydrogen (secondary N) is 2. The van der Waals surface area contributed by atoms with Crippen LogP contribution in [0.4, 0.5) is 0 Å². The van der Waals surface area contributed by atoms with E-state index in [1.165, 1.54) is 0 Å². The van der Waals surface area contributed by atoms with Crippen molar-refractivity contribution in [1.29, 1.82) is 0 Å². The Labute approximate surface area is 199 Å². The molecule has 10 nitrogen and oxygen atoms in total. The molecular formula is C24H34N4O6. The lowest BCUT2D eigenvalue weighted by atomic mass is 10.0.